The van der Waals surface area contributed by atoms with Gasteiger partial charge in [-0.05, 0) is 18.2 Å². The summed E-state index contributed by atoms with van der Waals surface area (Å²) in [6, 6.07) is 6.90. The number of hydrogen-bond acceptors (Lipinski definition) is 2. The van der Waals surface area contributed by atoms with Gasteiger partial charge in [0.05, 0.1) is 5.69 Å². The predicted molar refractivity (Wildman–Crippen MR) is 58.0 cm³/mol. The van der Waals surface area contributed by atoms with Gasteiger partial charge in [-0.1, -0.05) is 23.2 Å². The van der Waals surface area contributed by atoms with Crippen LogP contribution in [0.4, 0.5) is 5.82 Å². The van der Waals surface area contributed by atoms with Crippen LogP contribution >= 0.6 is 23.2 Å². The van der Waals surface area contributed by atoms with Crippen molar-refractivity contribution in [1.82, 2.24) is 9.78 Å². The van der Waals surface area contributed by atoms with E-state index < -0.39 is 0 Å². The number of halogens is 2. The Balaban J connectivity index is 2.51. The SMILES string of the molecule is Nc1ccn(-c2cc(Cl)cc(Cl)c2)n1. The molecular formula is C9H7Cl2N3. The number of nitrogens with zero attached hydrogens (tertiary/aromatic N) is 2. The highest BCUT2D eigenvalue weighted by Crippen LogP contribution is 2.21. The highest BCUT2D eigenvalue weighted by atomic mass is 35.5. The first-order valence-corrected chi connectivity index (χ1v) is 4.68. The molecule has 0 aliphatic heterocycles. The van der Waals surface area contributed by atoms with Gasteiger partial charge in [0.15, 0.2) is 0 Å². The quantitative estimate of drug-likeness (QED) is 0.815. The molecule has 1 aromatic heterocycles. The monoisotopic (exact) mass is 227 g/mol. The minimum atomic E-state index is 0.459. The number of nitrogen functional groups attached to an aromatic ring is 1. The van der Waals surface area contributed by atoms with Crippen LogP contribution < -0.4 is 5.73 Å². The van der Waals surface area contributed by atoms with Crippen molar-refractivity contribution < 1.29 is 0 Å². The molecule has 5 heteroatoms. The lowest BCUT2D eigenvalue weighted by atomic mass is 10.3. The van der Waals surface area contributed by atoms with Crippen LogP contribution in [0, 0.1) is 0 Å². The van der Waals surface area contributed by atoms with Crippen LogP contribution in [0.5, 0.6) is 0 Å². The molecule has 0 spiro atoms. The van der Waals surface area contributed by atoms with Gasteiger partial charge < -0.3 is 5.73 Å². The molecule has 2 aromatic rings. The number of benzene rings is 1. The lowest BCUT2D eigenvalue weighted by Crippen LogP contribution is -1.96. The zero-order valence-electron chi connectivity index (χ0n) is 7.11. The summed E-state index contributed by atoms with van der Waals surface area (Å²) in [6.07, 6.45) is 1.75. The highest BCUT2D eigenvalue weighted by molar-refractivity contribution is 6.34. The van der Waals surface area contributed by atoms with Crippen molar-refractivity contribution >= 4 is 29.0 Å². The summed E-state index contributed by atoms with van der Waals surface area (Å²) in [6.45, 7) is 0. The summed E-state index contributed by atoms with van der Waals surface area (Å²) < 4.78 is 1.62. The van der Waals surface area contributed by atoms with E-state index in [1.165, 1.54) is 0 Å². The Labute approximate surface area is 91.0 Å². The first-order valence-electron chi connectivity index (χ1n) is 3.93. The number of anilines is 1. The molecule has 72 valence electrons. The smallest absolute Gasteiger partial charge is 0.145 e. The Morgan fingerprint density at radius 1 is 1.14 bits per heavy atom. The van der Waals surface area contributed by atoms with E-state index in [0.29, 0.717) is 15.9 Å². The molecule has 1 heterocycles. The second kappa shape index (κ2) is 3.52. The lowest BCUT2D eigenvalue weighted by Gasteiger charge is -2.02. The van der Waals surface area contributed by atoms with Crippen LogP contribution in [0.2, 0.25) is 10.0 Å². The maximum absolute atomic E-state index is 5.85. The van der Waals surface area contributed by atoms with Crippen molar-refractivity contribution in [2.24, 2.45) is 0 Å². The van der Waals surface area contributed by atoms with Crippen molar-refractivity contribution in [1.29, 1.82) is 0 Å². The molecule has 0 aliphatic carbocycles. The summed E-state index contributed by atoms with van der Waals surface area (Å²) in [7, 11) is 0. The van der Waals surface area contributed by atoms with Gasteiger partial charge in [-0.2, -0.15) is 5.10 Å². The van der Waals surface area contributed by atoms with Gasteiger partial charge in [-0.3, -0.25) is 0 Å². The molecule has 14 heavy (non-hydrogen) atoms. The Bertz CT molecular complexity index is 445. The third-order valence-electron chi connectivity index (χ3n) is 1.72. The highest BCUT2D eigenvalue weighted by Gasteiger charge is 2.01. The molecule has 0 saturated heterocycles. The van der Waals surface area contributed by atoms with Crippen LogP contribution in [0.1, 0.15) is 0 Å². The Kier molecular flexibility index (Phi) is 2.35. The molecule has 0 unspecified atom stereocenters. The minimum Gasteiger partial charge on any atom is -0.382 e. The molecule has 0 fully saturated rings. The topological polar surface area (TPSA) is 43.8 Å². The van der Waals surface area contributed by atoms with Crippen molar-refractivity contribution in [2.75, 3.05) is 5.73 Å². The van der Waals surface area contributed by atoms with Gasteiger partial charge in [-0.15, -0.1) is 0 Å². The van der Waals surface area contributed by atoms with Crippen LogP contribution in [0.3, 0.4) is 0 Å². The average molecular weight is 228 g/mol. The summed E-state index contributed by atoms with van der Waals surface area (Å²) in [5.74, 6) is 0.459. The van der Waals surface area contributed by atoms with Gasteiger partial charge in [0.1, 0.15) is 5.82 Å². The molecule has 1 aromatic carbocycles. The number of nitrogens with two attached hydrogens (primary N) is 1. The van der Waals surface area contributed by atoms with E-state index >= 15 is 0 Å². The van der Waals surface area contributed by atoms with E-state index in [4.69, 9.17) is 28.9 Å². The van der Waals surface area contributed by atoms with Crippen LogP contribution in [0.15, 0.2) is 30.5 Å². The molecule has 2 N–H and O–H groups in total. The van der Waals surface area contributed by atoms with Crippen LogP contribution in [-0.4, -0.2) is 9.78 Å². The number of aromatic nitrogens is 2. The number of hydrogen-bond donors (Lipinski definition) is 1. The van der Waals surface area contributed by atoms with Crippen LogP contribution in [-0.2, 0) is 0 Å². The van der Waals surface area contributed by atoms with Crippen molar-refractivity contribution in [3.63, 3.8) is 0 Å². The van der Waals surface area contributed by atoms with Crippen molar-refractivity contribution in [3.8, 4) is 5.69 Å². The average Bonchev–Trinajstić information content (AvgIpc) is 2.50. The predicted octanol–water partition coefficient (Wildman–Crippen LogP) is 2.76. The third kappa shape index (κ3) is 1.84. The fourth-order valence-corrected chi connectivity index (χ4v) is 1.67. The number of rotatable bonds is 1. The fraction of sp³-hybridized carbons (Fsp3) is 0. The maximum atomic E-state index is 5.85. The van der Waals surface area contributed by atoms with Gasteiger partial charge in [0, 0.05) is 22.3 Å². The molecule has 0 atom stereocenters. The van der Waals surface area contributed by atoms with E-state index in [1.54, 1.807) is 35.1 Å². The summed E-state index contributed by atoms with van der Waals surface area (Å²) in [5, 5.41) is 5.18. The molecule has 3 nitrogen and oxygen atoms in total. The van der Waals surface area contributed by atoms with E-state index in [2.05, 4.69) is 5.10 Å². The Morgan fingerprint density at radius 3 is 2.29 bits per heavy atom. The largest absolute Gasteiger partial charge is 0.382 e. The van der Waals surface area contributed by atoms with Crippen molar-refractivity contribution in [2.45, 2.75) is 0 Å². The van der Waals surface area contributed by atoms with E-state index in [0.717, 1.165) is 5.69 Å². The third-order valence-corrected chi connectivity index (χ3v) is 2.16. The molecular weight excluding hydrogens is 221 g/mol. The molecule has 0 aliphatic rings. The minimum absolute atomic E-state index is 0.459. The van der Waals surface area contributed by atoms with Crippen molar-refractivity contribution in [3.05, 3.63) is 40.5 Å². The molecule has 0 saturated carbocycles. The van der Waals surface area contributed by atoms with E-state index in [-0.39, 0.29) is 0 Å². The molecule has 0 bridgehead atoms. The second-order valence-corrected chi connectivity index (χ2v) is 3.69. The zero-order chi connectivity index (χ0) is 10.1. The Morgan fingerprint density at radius 2 is 1.79 bits per heavy atom. The summed E-state index contributed by atoms with van der Waals surface area (Å²) in [5.41, 5.74) is 6.29. The van der Waals surface area contributed by atoms with Gasteiger partial charge in [-0.25, -0.2) is 4.68 Å². The van der Waals surface area contributed by atoms with Gasteiger partial charge >= 0.3 is 0 Å². The maximum Gasteiger partial charge on any atom is 0.145 e. The normalized spacial score (nSPS) is 10.4. The zero-order valence-corrected chi connectivity index (χ0v) is 8.63. The van der Waals surface area contributed by atoms with Gasteiger partial charge in [0.25, 0.3) is 0 Å². The lowest BCUT2D eigenvalue weighted by molar-refractivity contribution is 0.886. The van der Waals surface area contributed by atoms with Crippen LogP contribution in [0.25, 0.3) is 5.69 Å². The fourth-order valence-electron chi connectivity index (χ4n) is 1.15. The summed E-state index contributed by atoms with van der Waals surface area (Å²) in [4.78, 5) is 0. The van der Waals surface area contributed by atoms with E-state index in [9.17, 15) is 0 Å². The molecule has 2 rings (SSSR count). The first kappa shape index (κ1) is 9.37. The van der Waals surface area contributed by atoms with E-state index in [1.807, 2.05) is 0 Å². The summed E-state index contributed by atoms with van der Waals surface area (Å²) >= 11 is 11.7. The first-order chi connectivity index (χ1) is 6.65. The molecule has 0 radical (unpaired) electrons. The standard InChI is InChI=1S/C9H7Cl2N3/c10-6-3-7(11)5-8(4-6)14-2-1-9(12)13-14/h1-5H,(H2,12,13). The van der Waals surface area contributed by atoms with Gasteiger partial charge in [0.2, 0.25) is 0 Å². The molecule has 0 amide bonds. The Hall–Kier alpha value is -1.19. The second-order valence-electron chi connectivity index (χ2n) is 2.81.